The first-order chi connectivity index (χ1) is 6.61. The smallest absolute Gasteiger partial charge is 0.481 e. The van der Waals surface area contributed by atoms with Gasteiger partial charge in [0.2, 0.25) is 0 Å². The molecule has 1 aliphatic heterocycles. The van der Waals surface area contributed by atoms with Crippen molar-refractivity contribution in [2.45, 2.75) is 31.5 Å². The van der Waals surface area contributed by atoms with Gasteiger partial charge in [-0.15, -0.1) is 0 Å². The quantitative estimate of drug-likeness (QED) is 0.617. The van der Waals surface area contributed by atoms with Gasteiger partial charge >= 0.3 is 12.1 Å². The summed E-state index contributed by atoms with van der Waals surface area (Å²) < 4.78 is 9.64. The first kappa shape index (κ1) is 11.3. The fraction of sp³-hybridized carbons (Fsp3) is 0.750. The van der Waals surface area contributed by atoms with Crippen LogP contribution in [-0.2, 0) is 14.3 Å². The van der Waals surface area contributed by atoms with Crippen LogP contribution in [0.3, 0.4) is 0 Å². The van der Waals surface area contributed by atoms with Gasteiger partial charge in [0, 0.05) is 18.2 Å². The normalized spacial score (nSPS) is 26.5. The molecule has 0 bridgehead atoms. The van der Waals surface area contributed by atoms with Crippen LogP contribution in [0.5, 0.6) is 0 Å². The summed E-state index contributed by atoms with van der Waals surface area (Å²) in [5, 5.41) is 9.00. The van der Waals surface area contributed by atoms with Crippen LogP contribution < -0.4 is 0 Å². The number of cyclic esters (lactones) is 2. The van der Waals surface area contributed by atoms with E-state index in [1.807, 2.05) is 0 Å². The minimum absolute atomic E-state index is 0.00690. The maximum absolute atomic E-state index is 10.9. The highest BCUT2D eigenvalue weighted by Crippen LogP contribution is 2.20. The summed E-state index contributed by atoms with van der Waals surface area (Å²) >= 11 is 3.20. The number of hydrogen-bond donors (Lipinski definition) is 1. The molecule has 0 radical (unpaired) electrons. The molecule has 0 aliphatic carbocycles. The third kappa shape index (κ3) is 3.53. The predicted molar refractivity (Wildman–Crippen MR) is 50.4 cm³/mol. The fourth-order valence-corrected chi connectivity index (χ4v) is 1.64. The number of aliphatic carboxylic acids is 1. The van der Waals surface area contributed by atoms with E-state index in [4.69, 9.17) is 14.6 Å². The Kier molecular flexibility index (Phi) is 4.19. The number of alkyl halides is 1. The second-order valence-electron chi connectivity index (χ2n) is 3.05. The minimum atomic E-state index is -0.886. The summed E-state index contributed by atoms with van der Waals surface area (Å²) in [6, 6.07) is 0. The Hall–Kier alpha value is -0.780. The van der Waals surface area contributed by atoms with Crippen LogP contribution in [0.2, 0.25) is 0 Å². The van der Waals surface area contributed by atoms with Crippen LogP contribution in [0.1, 0.15) is 19.3 Å². The zero-order chi connectivity index (χ0) is 10.6. The number of carboxylic acid groups (broad SMARTS) is 1. The monoisotopic (exact) mass is 266 g/mol. The van der Waals surface area contributed by atoms with Crippen molar-refractivity contribution in [1.82, 2.24) is 0 Å². The number of carbonyl (C=O) groups is 2. The molecule has 1 fully saturated rings. The zero-order valence-corrected chi connectivity index (χ0v) is 9.03. The van der Waals surface area contributed by atoms with E-state index < -0.39 is 12.1 Å². The van der Waals surface area contributed by atoms with Gasteiger partial charge in [0.05, 0.1) is 0 Å². The molecule has 0 unspecified atom stereocenters. The van der Waals surface area contributed by atoms with Gasteiger partial charge in [-0.05, 0) is 6.42 Å². The molecule has 1 heterocycles. The summed E-state index contributed by atoms with van der Waals surface area (Å²) in [5.41, 5.74) is 0. The van der Waals surface area contributed by atoms with Gasteiger partial charge in [-0.1, -0.05) is 15.9 Å². The van der Waals surface area contributed by atoms with Crippen LogP contribution >= 0.6 is 15.9 Å². The summed E-state index contributed by atoms with van der Waals surface area (Å²) in [7, 11) is 0. The molecule has 80 valence electrons. The molecule has 1 N–H and O–H groups in total. The molecule has 0 saturated carbocycles. The third-order valence-electron chi connectivity index (χ3n) is 1.90. The Labute approximate surface area is 89.5 Å². The molecule has 5 nitrogen and oxygen atoms in total. The van der Waals surface area contributed by atoms with E-state index in [1.165, 1.54) is 0 Å². The van der Waals surface area contributed by atoms with Gasteiger partial charge in [-0.3, -0.25) is 4.79 Å². The average molecular weight is 267 g/mol. The van der Waals surface area contributed by atoms with Crippen LogP contribution in [0, 0.1) is 0 Å². The second-order valence-corrected chi connectivity index (χ2v) is 3.70. The first-order valence-corrected chi connectivity index (χ1v) is 5.39. The molecule has 1 saturated heterocycles. The number of rotatable bonds is 4. The molecule has 6 heteroatoms. The summed E-state index contributed by atoms with van der Waals surface area (Å²) in [5.74, 6) is -0.886. The minimum Gasteiger partial charge on any atom is -0.481 e. The van der Waals surface area contributed by atoms with Crippen molar-refractivity contribution in [3.63, 3.8) is 0 Å². The second kappa shape index (κ2) is 5.19. The SMILES string of the molecule is O=C(O)CC[C@@H]1C[C@@H](CBr)OC(=O)O1. The maximum Gasteiger partial charge on any atom is 0.508 e. The Balaban J connectivity index is 2.37. The van der Waals surface area contributed by atoms with Crippen molar-refractivity contribution < 1.29 is 24.2 Å². The number of carboxylic acids is 1. The Morgan fingerprint density at radius 3 is 2.71 bits per heavy atom. The van der Waals surface area contributed by atoms with E-state index in [0.29, 0.717) is 18.2 Å². The fourth-order valence-electron chi connectivity index (χ4n) is 1.25. The molecule has 0 aromatic rings. The van der Waals surface area contributed by atoms with Crippen LogP contribution in [0.25, 0.3) is 0 Å². The predicted octanol–water partition coefficient (Wildman–Crippen LogP) is 1.54. The van der Waals surface area contributed by atoms with Crippen molar-refractivity contribution in [3.05, 3.63) is 0 Å². The standard InChI is InChI=1S/C8H11BrO5/c9-4-6-3-5(1-2-7(10)11)13-8(12)14-6/h5-6H,1-4H2,(H,10,11)/t5-,6+/m1/s1. The van der Waals surface area contributed by atoms with Gasteiger partial charge < -0.3 is 14.6 Å². The van der Waals surface area contributed by atoms with Gasteiger partial charge in [0.15, 0.2) is 0 Å². The van der Waals surface area contributed by atoms with E-state index in [-0.39, 0.29) is 18.6 Å². The van der Waals surface area contributed by atoms with Crippen LogP contribution in [0.15, 0.2) is 0 Å². The average Bonchev–Trinajstić information content (AvgIpc) is 2.14. The molecule has 0 aromatic heterocycles. The molecular weight excluding hydrogens is 256 g/mol. The van der Waals surface area contributed by atoms with Crippen molar-refractivity contribution in [2.24, 2.45) is 0 Å². The van der Waals surface area contributed by atoms with Gasteiger partial charge in [0.25, 0.3) is 0 Å². The Morgan fingerprint density at radius 1 is 1.50 bits per heavy atom. The van der Waals surface area contributed by atoms with Gasteiger partial charge in [0.1, 0.15) is 12.2 Å². The van der Waals surface area contributed by atoms with Crippen LogP contribution in [-0.4, -0.2) is 34.8 Å². The lowest BCUT2D eigenvalue weighted by Crippen LogP contribution is -2.35. The van der Waals surface area contributed by atoms with Crippen molar-refractivity contribution in [2.75, 3.05) is 5.33 Å². The summed E-state index contributed by atoms with van der Waals surface area (Å²) in [4.78, 5) is 21.2. The maximum atomic E-state index is 10.9. The highest BCUT2D eigenvalue weighted by atomic mass is 79.9. The van der Waals surface area contributed by atoms with E-state index >= 15 is 0 Å². The number of halogens is 1. The molecule has 0 aromatic carbocycles. The van der Waals surface area contributed by atoms with Crippen LogP contribution in [0.4, 0.5) is 4.79 Å². The summed E-state index contributed by atoms with van der Waals surface area (Å²) in [6.45, 7) is 0. The lowest BCUT2D eigenvalue weighted by molar-refractivity contribution is -0.138. The lowest BCUT2D eigenvalue weighted by atomic mass is 10.1. The highest BCUT2D eigenvalue weighted by molar-refractivity contribution is 9.09. The molecule has 1 aliphatic rings. The van der Waals surface area contributed by atoms with Crippen molar-refractivity contribution in [1.29, 1.82) is 0 Å². The molecule has 14 heavy (non-hydrogen) atoms. The third-order valence-corrected chi connectivity index (χ3v) is 2.63. The Bertz CT molecular complexity index is 230. The number of carbonyl (C=O) groups excluding carboxylic acids is 1. The largest absolute Gasteiger partial charge is 0.508 e. The summed E-state index contributed by atoms with van der Waals surface area (Å²) in [6.07, 6.45) is -0.369. The number of hydrogen-bond acceptors (Lipinski definition) is 4. The van der Waals surface area contributed by atoms with Crippen molar-refractivity contribution in [3.8, 4) is 0 Å². The lowest BCUT2D eigenvalue weighted by Gasteiger charge is -2.27. The van der Waals surface area contributed by atoms with Gasteiger partial charge in [-0.2, -0.15) is 0 Å². The first-order valence-electron chi connectivity index (χ1n) is 4.27. The topological polar surface area (TPSA) is 72.8 Å². The van der Waals surface area contributed by atoms with E-state index in [9.17, 15) is 9.59 Å². The molecule has 0 amide bonds. The van der Waals surface area contributed by atoms with E-state index in [1.54, 1.807) is 0 Å². The Morgan fingerprint density at radius 2 is 2.14 bits per heavy atom. The van der Waals surface area contributed by atoms with E-state index in [2.05, 4.69) is 15.9 Å². The zero-order valence-electron chi connectivity index (χ0n) is 7.44. The molecule has 1 rings (SSSR count). The number of ether oxygens (including phenoxy) is 2. The molecule has 0 spiro atoms. The molecule has 2 atom stereocenters. The van der Waals surface area contributed by atoms with Gasteiger partial charge in [-0.25, -0.2) is 4.79 Å². The highest BCUT2D eigenvalue weighted by Gasteiger charge is 2.29. The molecular formula is C8H11BrO5. The van der Waals surface area contributed by atoms with Crippen molar-refractivity contribution >= 4 is 28.1 Å². The van der Waals surface area contributed by atoms with E-state index in [0.717, 1.165) is 0 Å².